The average molecular weight is 267 g/mol. The van der Waals surface area contributed by atoms with Crippen LogP contribution in [0.3, 0.4) is 0 Å². The molecule has 2 aromatic rings. The Bertz CT molecular complexity index is 662. The fourth-order valence-corrected chi connectivity index (χ4v) is 1.66. The Labute approximate surface area is 116 Å². The highest BCUT2D eigenvalue weighted by molar-refractivity contribution is 6.04. The molecule has 0 atom stereocenters. The van der Waals surface area contributed by atoms with Gasteiger partial charge in [0, 0.05) is 23.0 Å². The summed E-state index contributed by atoms with van der Waals surface area (Å²) >= 11 is 0. The van der Waals surface area contributed by atoms with E-state index in [1.807, 2.05) is 6.07 Å². The molecule has 0 unspecified atom stereocenters. The van der Waals surface area contributed by atoms with Crippen molar-refractivity contribution < 1.29 is 9.53 Å². The molecule has 1 amide bonds. The Morgan fingerprint density at radius 2 is 2.05 bits per heavy atom. The Kier molecular flexibility index (Phi) is 4.20. The number of carbonyl (C=O) groups is 1. The minimum Gasteiger partial charge on any atom is -0.479 e. The maximum absolute atomic E-state index is 12.0. The van der Waals surface area contributed by atoms with Crippen molar-refractivity contribution >= 4 is 17.3 Å². The van der Waals surface area contributed by atoms with Gasteiger partial charge in [-0.15, -0.1) is 0 Å². The standard InChI is InChI=1S/C15H13N3O2/c16-7-8-20-14-6-2-5-13(10-14)18-15(19)11-3-1-4-12(17)9-11/h1-6,9-10H,8,17H2,(H,18,19). The second-order valence-electron chi connectivity index (χ2n) is 4.05. The van der Waals surface area contributed by atoms with E-state index in [0.29, 0.717) is 22.7 Å². The number of benzene rings is 2. The van der Waals surface area contributed by atoms with Gasteiger partial charge >= 0.3 is 0 Å². The number of hydrogen-bond acceptors (Lipinski definition) is 4. The Morgan fingerprint density at radius 1 is 1.25 bits per heavy atom. The summed E-state index contributed by atoms with van der Waals surface area (Å²) in [5.74, 6) is 0.270. The number of nitrogens with zero attached hydrogens (tertiary/aromatic N) is 1. The average Bonchev–Trinajstić information content (AvgIpc) is 2.45. The summed E-state index contributed by atoms with van der Waals surface area (Å²) in [6, 6.07) is 15.5. The van der Waals surface area contributed by atoms with Crippen LogP contribution in [0.2, 0.25) is 0 Å². The van der Waals surface area contributed by atoms with Crippen molar-refractivity contribution in [1.82, 2.24) is 0 Å². The summed E-state index contributed by atoms with van der Waals surface area (Å²) < 4.78 is 5.17. The first-order chi connectivity index (χ1) is 9.69. The number of nitrogens with one attached hydrogen (secondary N) is 1. The van der Waals surface area contributed by atoms with E-state index in [4.69, 9.17) is 15.7 Å². The molecule has 0 aliphatic rings. The van der Waals surface area contributed by atoms with Crippen LogP contribution in [-0.2, 0) is 0 Å². The van der Waals surface area contributed by atoms with Crippen LogP contribution in [0.4, 0.5) is 11.4 Å². The summed E-state index contributed by atoms with van der Waals surface area (Å²) in [5, 5.41) is 11.2. The summed E-state index contributed by atoms with van der Waals surface area (Å²) in [5.41, 5.74) is 7.24. The maximum atomic E-state index is 12.0. The van der Waals surface area contributed by atoms with Gasteiger partial charge in [0.1, 0.15) is 11.8 Å². The van der Waals surface area contributed by atoms with E-state index in [9.17, 15) is 4.79 Å². The molecule has 0 aromatic heterocycles. The highest BCUT2D eigenvalue weighted by Crippen LogP contribution is 2.18. The summed E-state index contributed by atoms with van der Waals surface area (Å²) in [7, 11) is 0. The number of anilines is 2. The van der Waals surface area contributed by atoms with Crippen LogP contribution in [0.25, 0.3) is 0 Å². The quantitative estimate of drug-likeness (QED) is 0.833. The van der Waals surface area contributed by atoms with Crippen molar-refractivity contribution in [3.05, 3.63) is 54.1 Å². The molecule has 5 heteroatoms. The minimum absolute atomic E-state index is 0.0351. The zero-order valence-electron chi connectivity index (χ0n) is 10.7. The van der Waals surface area contributed by atoms with Gasteiger partial charge in [0.15, 0.2) is 6.61 Å². The van der Waals surface area contributed by atoms with Crippen molar-refractivity contribution in [2.45, 2.75) is 0 Å². The zero-order valence-corrected chi connectivity index (χ0v) is 10.7. The van der Waals surface area contributed by atoms with E-state index in [-0.39, 0.29) is 12.5 Å². The molecule has 0 aliphatic carbocycles. The molecule has 3 N–H and O–H groups in total. The van der Waals surface area contributed by atoms with Gasteiger partial charge in [-0.2, -0.15) is 5.26 Å². The molecular formula is C15H13N3O2. The molecule has 0 saturated heterocycles. The third kappa shape index (κ3) is 3.50. The molecule has 5 nitrogen and oxygen atoms in total. The van der Waals surface area contributed by atoms with Crippen LogP contribution in [0, 0.1) is 11.3 Å². The van der Waals surface area contributed by atoms with Crippen molar-refractivity contribution in [3.8, 4) is 11.8 Å². The van der Waals surface area contributed by atoms with Gasteiger partial charge < -0.3 is 15.8 Å². The molecule has 0 aliphatic heterocycles. The Balaban J connectivity index is 2.10. The topological polar surface area (TPSA) is 88.1 Å². The highest BCUT2D eigenvalue weighted by atomic mass is 16.5. The maximum Gasteiger partial charge on any atom is 0.255 e. The second-order valence-corrected chi connectivity index (χ2v) is 4.05. The first kappa shape index (κ1) is 13.4. The largest absolute Gasteiger partial charge is 0.479 e. The van der Waals surface area contributed by atoms with Crippen LogP contribution in [0.1, 0.15) is 10.4 Å². The fourth-order valence-electron chi connectivity index (χ4n) is 1.66. The van der Waals surface area contributed by atoms with Gasteiger partial charge in [-0.05, 0) is 30.3 Å². The van der Waals surface area contributed by atoms with E-state index in [1.165, 1.54) is 0 Å². The molecule has 0 bridgehead atoms. The molecule has 20 heavy (non-hydrogen) atoms. The lowest BCUT2D eigenvalue weighted by Gasteiger charge is -2.08. The van der Waals surface area contributed by atoms with Crippen molar-refractivity contribution in [3.63, 3.8) is 0 Å². The molecule has 0 saturated carbocycles. The van der Waals surface area contributed by atoms with Crippen LogP contribution >= 0.6 is 0 Å². The number of nitrogens with two attached hydrogens (primary N) is 1. The molecule has 0 heterocycles. The van der Waals surface area contributed by atoms with E-state index in [0.717, 1.165) is 0 Å². The van der Waals surface area contributed by atoms with Gasteiger partial charge in [-0.3, -0.25) is 4.79 Å². The predicted octanol–water partition coefficient (Wildman–Crippen LogP) is 2.42. The van der Waals surface area contributed by atoms with Gasteiger partial charge in [-0.25, -0.2) is 0 Å². The zero-order chi connectivity index (χ0) is 14.4. The first-order valence-corrected chi connectivity index (χ1v) is 5.96. The minimum atomic E-state index is -0.255. The van der Waals surface area contributed by atoms with Crippen molar-refractivity contribution in [2.24, 2.45) is 0 Å². The van der Waals surface area contributed by atoms with E-state index < -0.39 is 0 Å². The van der Waals surface area contributed by atoms with Gasteiger partial charge in [0.2, 0.25) is 0 Å². The number of nitrogen functional groups attached to an aromatic ring is 1. The molecule has 0 fully saturated rings. The van der Waals surface area contributed by atoms with Crippen LogP contribution in [0.15, 0.2) is 48.5 Å². The number of amides is 1. The van der Waals surface area contributed by atoms with E-state index in [1.54, 1.807) is 48.5 Å². The SMILES string of the molecule is N#CCOc1cccc(NC(=O)c2cccc(N)c2)c1. The van der Waals surface area contributed by atoms with E-state index >= 15 is 0 Å². The molecule has 0 spiro atoms. The predicted molar refractivity (Wildman–Crippen MR) is 76.4 cm³/mol. The Morgan fingerprint density at radius 3 is 2.80 bits per heavy atom. The second kappa shape index (κ2) is 6.25. The number of nitriles is 1. The molecule has 0 radical (unpaired) electrons. The van der Waals surface area contributed by atoms with E-state index in [2.05, 4.69) is 5.32 Å². The normalized spacial score (nSPS) is 9.55. The molecular weight excluding hydrogens is 254 g/mol. The van der Waals surface area contributed by atoms with Crippen molar-refractivity contribution in [2.75, 3.05) is 17.7 Å². The fraction of sp³-hybridized carbons (Fsp3) is 0.0667. The number of rotatable bonds is 4. The number of carbonyl (C=O) groups excluding carboxylic acids is 1. The smallest absolute Gasteiger partial charge is 0.255 e. The lowest BCUT2D eigenvalue weighted by molar-refractivity contribution is 0.102. The molecule has 2 aromatic carbocycles. The van der Waals surface area contributed by atoms with Gasteiger partial charge in [0.05, 0.1) is 0 Å². The van der Waals surface area contributed by atoms with Gasteiger partial charge in [-0.1, -0.05) is 12.1 Å². The molecule has 2 rings (SSSR count). The lowest BCUT2D eigenvalue weighted by Crippen LogP contribution is -2.12. The summed E-state index contributed by atoms with van der Waals surface area (Å²) in [6.07, 6.45) is 0. The third-order valence-corrected chi connectivity index (χ3v) is 2.54. The Hall–Kier alpha value is -3.00. The van der Waals surface area contributed by atoms with Crippen LogP contribution in [-0.4, -0.2) is 12.5 Å². The summed E-state index contributed by atoms with van der Waals surface area (Å²) in [6.45, 7) is -0.0351. The summed E-state index contributed by atoms with van der Waals surface area (Å²) in [4.78, 5) is 12.0. The third-order valence-electron chi connectivity index (χ3n) is 2.54. The van der Waals surface area contributed by atoms with Gasteiger partial charge in [0.25, 0.3) is 5.91 Å². The van der Waals surface area contributed by atoms with Crippen LogP contribution < -0.4 is 15.8 Å². The molecule has 100 valence electrons. The highest BCUT2D eigenvalue weighted by Gasteiger charge is 2.06. The van der Waals surface area contributed by atoms with Crippen molar-refractivity contribution in [1.29, 1.82) is 5.26 Å². The van der Waals surface area contributed by atoms with Crippen LogP contribution in [0.5, 0.6) is 5.75 Å². The number of hydrogen-bond donors (Lipinski definition) is 2. The monoisotopic (exact) mass is 267 g/mol. The number of ether oxygens (including phenoxy) is 1. The lowest BCUT2D eigenvalue weighted by atomic mass is 10.2. The first-order valence-electron chi connectivity index (χ1n) is 5.96.